The number of carbonyl (C=O) groups excluding carboxylic acids is 1. The number of aliphatic carboxylic acids is 1. The topological polar surface area (TPSA) is 110 Å². The molecule has 0 heterocycles. The number of hydrogen-bond donors (Lipinski definition) is 2. The van der Waals surface area contributed by atoms with Gasteiger partial charge in [-0.15, -0.1) is 0 Å². The molecule has 0 aliphatic heterocycles. The second-order valence-electron chi connectivity index (χ2n) is 5.11. The number of nitro benzene ring substituents is 1. The van der Waals surface area contributed by atoms with Crippen LogP contribution in [0.2, 0.25) is 0 Å². The molecule has 0 bridgehead atoms. The number of amides is 1. The summed E-state index contributed by atoms with van der Waals surface area (Å²) in [6.07, 6.45) is 2.92. The van der Waals surface area contributed by atoms with E-state index >= 15 is 0 Å². The van der Waals surface area contributed by atoms with Crippen LogP contribution in [-0.2, 0) is 4.79 Å². The van der Waals surface area contributed by atoms with Crippen molar-refractivity contribution in [2.24, 2.45) is 5.92 Å². The Labute approximate surface area is 121 Å². The molecule has 1 aliphatic carbocycles. The maximum absolute atomic E-state index is 12.1. The summed E-state index contributed by atoms with van der Waals surface area (Å²) in [6, 6.07) is 4.85. The molecular weight excluding hydrogens is 276 g/mol. The Bertz CT molecular complexity index is 555. The van der Waals surface area contributed by atoms with Gasteiger partial charge in [0.1, 0.15) is 0 Å². The lowest BCUT2D eigenvalue weighted by Gasteiger charge is -2.29. The molecule has 21 heavy (non-hydrogen) atoms. The fourth-order valence-electron chi connectivity index (χ4n) is 2.59. The van der Waals surface area contributed by atoms with Crippen molar-refractivity contribution < 1.29 is 19.6 Å². The van der Waals surface area contributed by atoms with Crippen molar-refractivity contribution in [3.05, 3.63) is 39.9 Å². The van der Waals surface area contributed by atoms with E-state index < -0.39 is 22.7 Å². The summed E-state index contributed by atoms with van der Waals surface area (Å²) in [5, 5.41) is 22.4. The van der Waals surface area contributed by atoms with Gasteiger partial charge in [0.25, 0.3) is 11.6 Å². The maximum atomic E-state index is 12.1. The highest BCUT2D eigenvalue weighted by molar-refractivity contribution is 5.94. The molecule has 1 aliphatic rings. The number of carboxylic acid groups (broad SMARTS) is 1. The number of nitrogens with zero attached hydrogens (tertiary/aromatic N) is 1. The zero-order valence-electron chi connectivity index (χ0n) is 11.3. The van der Waals surface area contributed by atoms with Crippen molar-refractivity contribution in [3.63, 3.8) is 0 Å². The van der Waals surface area contributed by atoms with Crippen LogP contribution in [0.25, 0.3) is 0 Å². The molecule has 7 nitrogen and oxygen atoms in total. The van der Waals surface area contributed by atoms with E-state index in [4.69, 9.17) is 5.11 Å². The summed E-state index contributed by atoms with van der Waals surface area (Å²) in [5.41, 5.74) is 0.197. The first-order chi connectivity index (χ1) is 9.99. The number of carboxylic acids is 1. The normalized spacial score (nSPS) is 21.5. The molecule has 2 atom stereocenters. The Balaban J connectivity index is 2.06. The van der Waals surface area contributed by atoms with E-state index in [0.29, 0.717) is 12.8 Å². The maximum Gasteiger partial charge on any atom is 0.308 e. The van der Waals surface area contributed by atoms with Gasteiger partial charge in [-0.3, -0.25) is 19.7 Å². The van der Waals surface area contributed by atoms with Gasteiger partial charge in [0.2, 0.25) is 0 Å². The van der Waals surface area contributed by atoms with E-state index in [0.717, 1.165) is 12.8 Å². The first kappa shape index (κ1) is 15.0. The van der Waals surface area contributed by atoms with Crippen molar-refractivity contribution in [1.82, 2.24) is 5.32 Å². The summed E-state index contributed by atoms with van der Waals surface area (Å²) in [7, 11) is 0. The van der Waals surface area contributed by atoms with E-state index in [-0.39, 0.29) is 17.3 Å². The number of non-ortho nitro benzene ring substituents is 1. The van der Waals surface area contributed by atoms with Crippen molar-refractivity contribution in [2.75, 3.05) is 0 Å². The van der Waals surface area contributed by atoms with E-state index in [1.807, 2.05) is 0 Å². The first-order valence-electron chi connectivity index (χ1n) is 6.77. The van der Waals surface area contributed by atoms with Gasteiger partial charge in [0.15, 0.2) is 0 Å². The van der Waals surface area contributed by atoms with Gasteiger partial charge in [-0.25, -0.2) is 0 Å². The molecule has 0 aromatic heterocycles. The molecule has 112 valence electrons. The van der Waals surface area contributed by atoms with Gasteiger partial charge in [0, 0.05) is 23.7 Å². The fraction of sp³-hybridized carbons (Fsp3) is 0.429. The average Bonchev–Trinajstić information content (AvgIpc) is 2.47. The smallest absolute Gasteiger partial charge is 0.308 e. The second-order valence-corrected chi connectivity index (χ2v) is 5.11. The van der Waals surface area contributed by atoms with E-state index in [2.05, 4.69) is 5.32 Å². The number of carbonyl (C=O) groups is 2. The third-order valence-electron chi connectivity index (χ3n) is 3.74. The van der Waals surface area contributed by atoms with Crippen LogP contribution in [0.5, 0.6) is 0 Å². The summed E-state index contributed by atoms with van der Waals surface area (Å²) in [6.45, 7) is 0. The number of nitrogens with one attached hydrogen (secondary N) is 1. The third kappa shape index (κ3) is 3.56. The van der Waals surface area contributed by atoms with Crippen LogP contribution in [0.4, 0.5) is 5.69 Å². The highest BCUT2D eigenvalue weighted by Gasteiger charge is 2.31. The van der Waals surface area contributed by atoms with Gasteiger partial charge >= 0.3 is 5.97 Å². The van der Waals surface area contributed by atoms with Crippen LogP contribution in [0.15, 0.2) is 24.3 Å². The Kier molecular flexibility index (Phi) is 4.52. The van der Waals surface area contributed by atoms with E-state index in [1.54, 1.807) is 0 Å². The molecule has 2 N–H and O–H groups in total. The van der Waals surface area contributed by atoms with Crippen LogP contribution in [-0.4, -0.2) is 27.9 Å². The Morgan fingerprint density at radius 1 is 1.19 bits per heavy atom. The van der Waals surface area contributed by atoms with Crippen LogP contribution in [0.3, 0.4) is 0 Å². The number of rotatable bonds is 4. The molecule has 7 heteroatoms. The zero-order valence-corrected chi connectivity index (χ0v) is 11.3. The van der Waals surface area contributed by atoms with Gasteiger partial charge in [-0.05, 0) is 25.0 Å². The van der Waals surface area contributed by atoms with Gasteiger partial charge in [0.05, 0.1) is 10.8 Å². The van der Waals surface area contributed by atoms with Crippen molar-refractivity contribution >= 4 is 17.6 Å². The lowest BCUT2D eigenvalue weighted by Crippen LogP contribution is -2.45. The molecule has 0 spiro atoms. The highest BCUT2D eigenvalue weighted by atomic mass is 16.6. The highest BCUT2D eigenvalue weighted by Crippen LogP contribution is 2.25. The molecule has 2 unspecified atom stereocenters. The third-order valence-corrected chi connectivity index (χ3v) is 3.74. The minimum absolute atomic E-state index is 0.0902. The van der Waals surface area contributed by atoms with Crippen molar-refractivity contribution in [2.45, 2.75) is 31.7 Å². The first-order valence-corrected chi connectivity index (χ1v) is 6.77. The van der Waals surface area contributed by atoms with Gasteiger partial charge in [-0.2, -0.15) is 0 Å². The molecule has 0 radical (unpaired) electrons. The van der Waals surface area contributed by atoms with Crippen molar-refractivity contribution in [3.8, 4) is 0 Å². The summed E-state index contributed by atoms with van der Waals surface area (Å²) >= 11 is 0. The molecule has 1 fully saturated rings. The SMILES string of the molecule is O=C(NC1CCCCC1C(=O)O)c1ccc([N+](=O)[O-])cc1. The zero-order chi connectivity index (χ0) is 15.4. The molecule has 0 saturated heterocycles. The summed E-state index contributed by atoms with van der Waals surface area (Å²) in [4.78, 5) is 33.3. The Morgan fingerprint density at radius 2 is 1.81 bits per heavy atom. The predicted octanol–water partition coefficient (Wildman–Crippen LogP) is 1.97. The van der Waals surface area contributed by atoms with Crippen LogP contribution >= 0.6 is 0 Å². The van der Waals surface area contributed by atoms with E-state index in [9.17, 15) is 19.7 Å². The lowest BCUT2D eigenvalue weighted by atomic mass is 9.84. The van der Waals surface area contributed by atoms with E-state index in [1.165, 1.54) is 24.3 Å². The number of benzene rings is 1. The van der Waals surface area contributed by atoms with Crippen molar-refractivity contribution in [1.29, 1.82) is 0 Å². The molecule has 1 aromatic carbocycles. The van der Waals surface area contributed by atoms with Gasteiger partial charge in [-0.1, -0.05) is 12.8 Å². The Hall–Kier alpha value is -2.44. The molecule has 1 saturated carbocycles. The standard InChI is InChI=1S/C14H16N2O5/c17-13(9-5-7-10(8-6-9)16(20)21)15-12-4-2-1-3-11(12)14(18)19/h5-8,11-12H,1-4H2,(H,15,17)(H,18,19). The van der Waals surface area contributed by atoms with Crippen LogP contribution in [0, 0.1) is 16.0 Å². The molecule has 2 rings (SSSR count). The minimum Gasteiger partial charge on any atom is -0.481 e. The second kappa shape index (κ2) is 6.34. The monoisotopic (exact) mass is 292 g/mol. The summed E-state index contributed by atoms with van der Waals surface area (Å²) in [5.74, 6) is -1.87. The average molecular weight is 292 g/mol. The quantitative estimate of drug-likeness (QED) is 0.651. The number of nitro groups is 1. The summed E-state index contributed by atoms with van der Waals surface area (Å²) < 4.78 is 0. The fourth-order valence-corrected chi connectivity index (χ4v) is 2.59. The molecule has 1 amide bonds. The van der Waals surface area contributed by atoms with Gasteiger partial charge < -0.3 is 10.4 Å². The lowest BCUT2D eigenvalue weighted by molar-refractivity contribution is -0.384. The molecule has 1 aromatic rings. The molecular formula is C14H16N2O5. The van der Waals surface area contributed by atoms with Crippen LogP contribution < -0.4 is 5.32 Å². The largest absolute Gasteiger partial charge is 0.481 e. The van der Waals surface area contributed by atoms with Crippen LogP contribution in [0.1, 0.15) is 36.0 Å². The number of hydrogen-bond acceptors (Lipinski definition) is 4. The minimum atomic E-state index is -0.899. The predicted molar refractivity (Wildman–Crippen MR) is 73.9 cm³/mol. The Morgan fingerprint density at radius 3 is 2.38 bits per heavy atom.